The molecule has 1 amide bonds. The van der Waals surface area contributed by atoms with Crippen LogP contribution in [0.25, 0.3) is 11.3 Å². The average molecular weight is 479 g/mol. The number of carbonyl (C=O) groups is 1. The number of nitrogens with zero attached hydrogens (tertiary/aromatic N) is 3. The minimum absolute atomic E-state index is 0.0171. The normalized spacial score (nSPS) is 18.5. The van der Waals surface area contributed by atoms with Crippen LogP contribution in [0, 0.1) is 6.92 Å². The number of phenols is 1. The zero-order chi connectivity index (χ0) is 25.4. The Labute approximate surface area is 196 Å². The van der Waals surface area contributed by atoms with Crippen LogP contribution >= 0.6 is 0 Å². The fourth-order valence-corrected chi connectivity index (χ4v) is 4.15. The first-order chi connectivity index (χ1) is 15.8. The third kappa shape index (κ3) is 5.32. The molecule has 184 valence electrons. The SMILES string of the molecule is Cc1cc(C(F)(F)F)cc(O)c1-c1ccc(C(=NC2CCC(=O)N(C(C)C)C2)C(C)O)c(N)n1. The number of halogens is 3. The van der Waals surface area contributed by atoms with Crippen LogP contribution in [0.4, 0.5) is 19.0 Å². The first-order valence-electron chi connectivity index (χ1n) is 11.0. The smallest absolute Gasteiger partial charge is 0.416 e. The van der Waals surface area contributed by atoms with Crippen molar-refractivity contribution in [3.05, 3.63) is 41.0 Å². The van der Waals surface area contributed by atoms with E-state index >= 15 is 0 Å². The van der Waals surface area contributed by atoms with Crippen LogP contribution in [-0.4, -0.2) is 56.4 Å². The number of aliphatic hydroxyl groups is 1. The van der Waals surface area contributed by atoms with E-state index in [2.05, 4.69) is 9.98 Å². The number of hydrogen-bond donors (Lipinski definition) is 3. The van der Waals surface area contributed by atoms with Crippen molar-refractivity contribution in [2.75, 3.05) is 12.3 Å². The quantitative estimate of drug-likeness (QED) is 0.564. The molecule has 2 heterocycles. The standard InChI is InChI=1S/C24H29F3N4O3/c1-12(2)31-11-16(5-8-20(31)34)29-22(14(4)32)17-6-7-18(30-23(17)28)21-13(3)9-15(10-19(21)33)24(25,26)27/h6-7,9-10,12,14,16,32-33H,5,8,11H2,1-4H3,(H2,28,30). The van der Waals surface area contributed by atoms with E-state index in [0.717, 1.165) is 6.07 Å². The summed E-state index contributed by atoms with van der Waals surface area (Å²) in [5.41, 5.74) is 6.44. The molecule has 2 atom stereocenters. The monoisotopic (exact) mass is 478 g/mol. The van der Waals surface area contributed by atoms with Crippen molar-refractivity contribution in [2.45, 2.75) is 64.9 Å². The molecule has 3 rings (SSSR count). The van der Waals surface area contributed by atoms with E-state index in [9.17, 15) is 28.2 Å². The highest BCUT2D eigenvalue weighted by molar-refractivity contribution is 6.07. The molecule has 0 radical (unpaired) electrons. The second kappa shape index (κ2) is 9.61. The van der Waals surface area contributed by atoms with Gasteiger partial charge in [0.1, 0.15) is 11.6 Å². The second-order valence-corrected chi connectivity index (χ2v) is 8.84. The van der Waals surface area contributed by atoms with Gasteiger partial charge in [0.15, 0.2) is 0 Å². The molecular formula is C24H29F3N4O3. The van der Waals surface area contributed by atoms with Gasteiger partial charge in [-0.15, -0.1) is 0 Å². The number of rotatable bonds is 5. The Morgan fingerprint density at radius 3 is 2.47 bits per heavy atom. The molecule has 4 N–H and O–H groups in total. The number of aryl methyl sites for hydroxylation is 1. The fourth-order valence-electron chi connectivity index (χ4n) is 4.15. The summed E-state index contributed by atoms with van der Waals surface area (Å²) in [7, 11) is 0. The maximum absolute atomic E-state index is 13.0. The number of likely N-dealkylation sites (tertiary alicyclic amines) is 1. The molecule has 34 heavy (non-hydrogen) atoms. The van der Waals surface area contributed by atoms with Gasteiger partial charge in [-0.05, 0) is 63.9 Å². The van der Waals surface area contributed by atoms with Crippen molar-refractivity contribution in [1.82, 2.24) is 9.88 Å². The first kappa shape index (κ1) is 25.5. The van der Waals surface area contributed by atoms with Crippen LogP contribution in [0.15, 0.2) is 29.3 Å². The van der Waals surface area contributed by atoms with Crippen LogP contribution in [0.3, 0.4) is 0 Å². The number of alkyl halides is 3. The lowest BCUT2D eigenvalue weighted by Crippen LogP contribution is -2.46. The van der Waals surface area contributed by atoms with Gasteiger partial charge in [0, 0.05) is 30.1 Å². The van der Waals surface area contributed by atoms with Crippen molar-refractivity contribution in [3.63, 3.8) is 0 Å². The number of phenolic OH excluding ortho intramolecular Hbond substituents is 1. The molecule has 2 unspecified atom stereocenters. The minimum atomic E-state index is -4.59. The number of amides is 1. The van der Waals surface area contributed by atoms with Crippen LogP contribution in [-0.2, 0) is 11.0 Å². The van der Waals surface area contributed by atoms with Gasteiger partial charge < -0.3 is 20.8 Å². The molecule has 1 saturated heterocycles. The highest BCUT2D eigenvalue weighted by Crippen LogP contribution is 2.39. The average Bonchev–Trinajstić information content (AvgIpc) is 2.72. The number of benzene rings is 1. The number of aliphatic hydroxyl groups excluding tert-OH is 1. The van der Waals surface area contributed by atoms with Crippen LogP contribution < -0.4 is 5.73 Å². The van der Waals surface area contributed by atoms with Crippen LogP contribution in [0.1, 0.15) is 50.3 Å². The number of aromatic nitrogens is 1. The number of hydrogen-bond acceptors (Lipinski definition) is 6. The summed E-state index contributed by atoms with van der Waals surface area (Å²) in [6, 6.07) is 4.50. The van der Waals surface area contributed by atoms with E-state index in [1.165, 1.54) is 13.0 Å². The molecule has 1 aromatic heterocycles. The largest absolute Gasteiger partial charge is 0.507 e. The molecule has 10 heteroatoms. The molecule has 0 saturated carbocycles. The summed E-state index contributed by atoms with van der Waals surface area (Å²) in [6.45, 7) is 7.28. The van der Waals surface area contributed by atoms with Crippen molar-refractivity contribution < 1.29 is 28.2 Å². The summed E-state index contributed by atoms with van der Waals surface area (Å²) >= 11 is 0. The van der Waals surface area contributed by atoms with Gasteiger partial charge in [0.25, 0.3) is 0 Å². The maximum Gasteiger partial charge on any atom is 0.416 e. The second-order valence-electron chi connectivity index (χ2n) is 8.84. The summed E-state index contributed by atoms with van der Waals surface area (Å²) in [6.07, 6.45) is -4.66. The highest BCUT2D eigenvalue weighted by atomic mass is 19.4. The predicted octanol–water partition coefficient (Wildman–Crippen LogP) is 3.93. The molecule has 1 aromatic carbocycles. The van der Waals surface area contributed by atoms with Crippen molar-refractivity contribution in [3.8, 4) is 17.0 Å². The molecule has 1 fully saturated rings. The molecule has 2 aromatic rings. The fraction of sp³-hybridized carbons (Fsp3) is 0.458. The third-order valence-electron chi connectivity index (χ3n) is 5.86. The Bertz CT molecular complexity index is 1090. The number of pyridine rings is 1. The van der Waals surface area contributed by atoms with Gasteiger partial charge in [0.2, 0.25) is 5.91 Å². The lowest BCUT2D eigenvalue weighted by Gasteiger charge is -2.34. The Kier molecular flexibility index (Phi) is 7.21. The molecule has 7 nitrogen and oxygen atoms in total. The van der Waals surface area contributed by atoms with Gasteiger partial charge in [-0.2, -0.15) is 13.2 Å². The lowest BCUT2D eigenvalue weighted by atomic mass is 9.98. The van der Waals surface area contributed by atoms with Crippen molar-refractivity contribution in [1.29, 1.82) is 0 Å². The topological polar surface area (TPSA) is 112 Å². The summed E-state index contributed by atoms with van der Waals surface area (Å²) < 4.78 is 39.1. The highest BCUT2D eigenvalue weighted by Gasteiger charge is 2.32. The molecule has 0 bridgehead atoms. The number of nitrogens with two attached hydrogens (primary N) is 1. The van der Waals surface area contributed by atoms with Gasteiger partial charge >= 0.3 is 6.18 Å². The van der Waals surface area contributed by atoms with Crippen LogP contribution in [0.2, 0.25) is 0 Å². The van der Waals surface area contributed by atoms with Gasteiger partial charge in [-0.25, -0.2) is 4.98 Å². The zero-order valence-corrected chi connectivity index (χ0v) is 19.5. The predicted molar refractivity (Wildman–Crippen MR) is 124 cm³/mol. The van der Waals surface area contributed by atoms with E-state index < -0.39 is 23.6 Å². The first-order valence-corrected chi connectivity index (χ1v) is 11.0. The Balaban J connectivity index is 1.97. The lowest BCUT2D eigenvalue weighted by molar-refractivity contribution is -0.138. The minimum Gasteiger partial charge on any atom is -0.507 e. The molecule has 0 spiro atoms. The number of anilines is 1. The van der Waals surface area contributed by atoms with Gasteiger partial charge in [-0.1, -0.05) is 0 Å². The van der Waals surface area contributed by atoms with Crippen molar-refractivity contribution in [2.24, 2.45) is 4.99 Å². The van der Waals surface area contributed by atoms with E-state index in [-0.39, 0.29) is 40.6 Å². The Morgan fingerprint density at radius 1 is 1.26 bits per heavy atom. The summed E-state index contributed by atoms with van der Waals surface area (Å²) in [4.78, 5) is 22.9. The number of aliphatic imine (C=N–C) groups is 1. The van der Waals surface area contributed by atoms with Crippen molar-refractivity contribution >= 4 is 17.4 Å². The number of carbonyl (C=O) groups excluding carboxylic acids is 1. The van der Waals surface area contributed by atoms with E-state index in [4.69, 9.17) is 5.73 Å². The van der Waals surface area contributed by atoms with Gasteiger partial charge in [0.05, 0.1) is 29.1 Å². The zero-order valence-electron chi connectivity index (χ0n) is 19.5. The van der Waals surface area contributed by atoms with E-state index in [1.54, 1.807) is 17.9 Å². The van der Waals surface area contributed by atoms with Gasteiger partial charge in [-0.3, -0.25) is 9.79 Å². The summed E-state index contributed by atoms with van der Waals surface area (Å²) in [5.74, 6) is -0.474. The number of aromatic hydroxyl groups is 1. The molecular weight excluding hydrogens is 449 g/mol. The van der Waals surface area contributed by atoms with E-state index in [1.807, 2.05) is 13.8 Å². The van der Waals surface area contributed by atoms with E-state index in [0.29, 0.717) is 36.7 Å². The Hall–Kier alpha value is -3.14. The molecule has 1 aliphatic rings. The molecule has 1 aliphatic heterocycles. The third-order valence-corrected chi connectivity index (χ3v) is 5.86. The Morgan fingerprint density at radius 2 is 1.94 bits per heavy atom. The molecule has 0 aliphatic carbocycles. The summed E-state index contributed by atoms with van der Waals surface area (Å²) in [5, 5.41) is 20.7. The van der Waals surface area contributed by atoms with Crippen LogP contribution in [0.5, 0.6) is 5.75 Å². The number of nitrogen functional groups attached to an aromatic ring is 1. The maximum atomic E-state index is 13.0. The number of piperidine rings is 1.